The summed E-state index contributed by atoms with van der Waals surface area (Å²) in [6.45, 7) is 1.83. The first-order chi connectivity index (χ1) is 12.6. The van der Waals surface area contributed by atoms with Gasteiger partial charge in [0.1, 0.15) is 6.04 Å². The quantitative estimate of drug-likeness (QED) is 0.919. The highest BCUT2D eigenvalue weighted by molar-refractivity contribution is 5.89. The van der Waals surface area contributed by atoms with E-state index in [1.54, 1.807) is 4.90 Å². The number of rotatable bonds is 4. The van der Waals surface area contributed by atoms with Gasteiger partial charge in [-0.3, -0.25) is 9.59 Å². The smallest absolute Gasteiger partial charge is 0.249 e. The number of fused-ring (bicyclic) bond motifs is 1. The molecule has 0 aliphatic carbocycles. The van der Waals surface area contributed by atoms with E-state index in [1.165, 1.54) is 5.56 Å². The van der Waals surface area contributed by atoms with Gasteiger partial charge in [-0.05, 0) is 30.0 Å². The van der Waals surface area contributed by atoms with E-state index in [4.69, 9.17) is 5.73 Å². The van der Waals surface area contributed by atoms with Crippen LogP contribution >= 0.6 is 0 Å². The fraction of sp³-hybridized carbons (Fsp3) is 0.333. The van der Waals surface area contributed by atoms with Crippen LogP contribution in [0.3, 0.4) is 0 Å². The summed E-state index contributed by atoms with van der Waals surface area (Å²) < 4.78 is 0. The van der Waals surface area contributed by atoms with Crippen molar-refractivity contribution in [2.45, 2.75) is 18.9 Å². The molecule has 2 heterocycles. The second-order valence-corrected chi connectivity index (χ2v) is 7.06. The zero-order valence-corrected chi connectivity index (χ0v) is 14.7. The maximum atomic E-state index is 13.4. The Balaban J connectivity index is 1.67. The van der Waals surface area contributed by atoms with Crippen LogP contribution in [0, 0.1) is 5.92 Å². The molecule has 2 aliphatic rings. The third-order valence-corrected chi connectivity index (χ3v) is 5.49. The molecule has 2 amide bonds. The second-order valence-electron chi connectivity index (χ2n) is 7.06. The summed E-state index contributed by atoms with van der Waals surface area (Å²) in [5, 5.41) is 0. The molecule has 2 aromatic carbocycles. The molecule has 0 saturated carbocycles. The highest BCUT2D eigenvalue weighted by Crippen LogP contribution is 2.36. The van der Waals surface area contributed by atoms with Crippen molar-refractivity contribution in [1.82, 2.24) is 4.90 Å². The molecule has 0 radical (unpaired) electrons. The maximum absolute atomic E-state index is 13.4. The number of hydrogen-bond acceptors (Lipinski definition) is 3. The Labute approximate surface area is 153 Å². The van der Waals surface area contributed by atoms with Crippen molar-refractivity contribution in [2.24, 2.45) is 11.7 Å². The van der Waals surface area contributed by atoms with Crippen molar-refractivity contribution in [2.75, 3.05) is 24.5 Å². The molecule has 5 heteroatoms. The van der Waals surface area contributed by atoms with E-state index in [0.717, 1.165) is 24.2 Å². The fourth-order valence-corrected chi connectivity index (χ4v) is 4.09. The number of anilines is 1. The molecule has 2 aliphatic heterocycles. The number of primary amides is 1. The molecule has 0 bridgehead atoms. The topological polar surface area (TPSA) is 66.6 Å². The van der Waals surface area contributed by atoms with Gasteiger partial charge in [-0.1, -0.05) is 48.5 Å². The maximum Gasteiger partial charge on any atom is 0.249 e. The normalized spacial score (nSPS) is 20.1. The average Bonchev–Trinajstić information content (AvgIpc) is 3.31. The number of amides is 2. The van der Waals surface area contributed by atoms with E-state index in [9.17, 15) is 9.59 Å². The van der Waals surface area contributed by atoms with E-state index in [-0.39, 0.29) is 23.8 Å². The Morgan fingerprint density at radius 2 is 1.73 bits per heavy atom. The van der Waals surface area contributed by atoms with Gasteiger partial charge in [0.25, 0.3) is 0 Å². The first-order valence-electron chi connectivity index (χ1n) is 9.13. The van der Waals surface area contributed by atoms with Crippen molar-refractivity contribution < 1.29 is 9.59 Å². The Morgan fingerprint density at radius 3 is 2.46 bits per heavy atom. The summed E-state index contributed by atoms with van der Waals surface area (Å²) in [5.74, 6) is -0.499. The first-order valence-corrected chi connectivity index (χ1v) is 9.13. The fourth-order valence-electron chi connectivity index (χ4n) is 4.09. The van der Waals surface area contributed by atoms with Crippen LogP contribution in [0.4, 0.5) is 5.69 Å². The van der Waals surface area contributed by atoms with Crippen LogP contribution in [0.5, 0.6) is 0 Å². The molecule has 26 heavy (non-hydrogen) atoms. The molecular formula is C21H23N3O2. The number of para-hydroxylation sites is 1. The Hall–Kier alpha value is -2.82. The molecule has 134 valence electrons. The van der Waals surface area contributed by atoms with E-state index in [0.29, 0.717) is 19.5 Å². The molecule has 1 saturated heterocycles. The molecular weight excluding hydrogens is 326 g/mol. The van der Waals surface area contributed by atoms with Gasteiger partial charge in [-0.2, -0.15) is 0 Å². The minimum absolute atomic E-state index is 0.0525. The van der Waals surface area contributed by atoms with Gasteiger partial charge < -0.3 is 15.5 Å². The van der Waals surface area contributed by atoms with E-state index in [1.807, 2.05) is 42.5 Å². The third kappa shape index (κ3) is 2.94. The standard InChI is InChI=1S/C21H23N3O2/c22-20(25)17-10-12-23(14-17)21(26)19(16-7-2-1-3-8-16)24-13-11-15-6-4-5-9-18(15)24/h1-9,17,19H,10-14H2,(H2,22,25)/t17-,19+/m1/s1. The molecule has 5 nitrogen and oxygen atoms in total. The molecule has 2 atom stereocenters. The number of nitrogens with zero attached hydrogens (tertiary/aromatic N) is 2. The van der Waals surface area contributed by atoms with Crippen LogP contribution in [-0.2, 0) is 16.0 Å². The number of carbonyl (C=O) groups excluding carboxylic acids is 2. The van der Waals surface area contributed by atoms with E-state index in [2.05, 4.69) is 17.0 Å². The highest BCUT2D eigenvalue weighted by Gasteiger charge is 2.38. The van der Waals surface area contributed by atoms with Crippen molar-refractivity contribution in [3.8, 4) is 0 Å². The van der Waals surface area contributed by atoms with Crippen LogP contribution in [0.15, 0.2) is 54.6 Å². The molecule has 0 aromatic heterocycles. The van der Waals surface area contributed by atoms with Crippen LogP contribution in [-0.4, -0.2) is 36.3 Å². The lowest BCUT2D eigenvalue weighted by molar-refractivity contribution is -0.132. The third-order valence-electron chi connectivity index (χ3n) is 5.49. The molecule has 4 rings (SSSR count). The Bertz CT molecular complexity index is 821. The van der Waals surface area contributed by atoms with E-state index >= 15 is 0 Å². The number of carbonyl (C=O) groups is 2. The zero-order chi connectivity index (χ0) is 18.1. The minimum atomic E-state index is -0.369. The summed E-state index contributed by atoms with van der Waals surface area (Å²) in [4.78, 5) is 28.9. The SMILES string of the molecule is NC(=O)[C@@H]1CCN(C(=O)[C@H](c2ccccc2)N2CCc3ccccc32)C1. The van der Waals surface area contributed by atoms with Gasteiger partial charge in [-0.25, -0.2) is 0 Å². The lowest BCUT2D eigenvalue weighted by atomic mass is 10.0. The summed E-state index contributed by atoms with van der Waals surface area (Å²) in [5.41, 5.74) is 8.83. The number of hydrogen-bond donors (Lipinski definition) is 1. The lowest BCUT2D eigenvalue weighted by Gasteiger charge is -2.33. The monoisotopic (exact) mass is 349 g/mol. The predicted molar refractivity (Wildman–Crippen MR) is 101 cm³/mol. The van der Waals surface area contributed by atoms with Crippen LogP contribution < -0.4 is 10.6 Å². The summed E-state index contributed by atoms with van der Waals surface area (Å²) >= 11 is 0. The number of benzene rings is 2. The summed E-state index contributed by atoms with van der Waals surface area (Å²) in [6, 6.07) is 17.8. The largest absolute Gasteiger partial charge is 0.369 e. The van der Waals surface area contributed by atoms with Gasteiger partial charge in [-0.15, -0.1) is 0 Å². The Morgan fingerprint density at radius 1 is 1.00 bits per heavy atom. The van der Waals surface area contributed by atoms with Crippen molar-refractivity contribution in [3.05, 3.63) is 65.7 Å². The number of likely N-dealkylation sites (tertiary alicyclic amines) is 1. The molecule has 2 aromatic rings. The molecule has 2 N–H and O–H groups in total. The molecule has 0 unspecified atom stereocenters. The number of nitrogens with two attached hydrogens (primary N) is 1. The van der Waals surface area contributed by atoms with Crippen molar-refractivity contribution in [3.63, 3.8) is 0 Å². The highest BCUT2D eigenvalue weighted by atomic mass is 16.2. The second kappa shape index (κ2) is 6.83. The van der Waals surface area contributed by atoms with Crippen LogP contribution in [0.2, 0.25) is 0 Å². The van der Waals surface area contributed by atoms with Crippen LogP contribution in [0.1, 0.15) is 23.6 Å². The van der Waals surface area contributed by atoms with Crippen LogP contribution in [0.25, 0.3) is 0 Å². The predicted octanol–water partition coefficient (Wildman–Crippen LogP) is 2.12. The van der Waals surface area contributed by atoms with Gasteiger partial charge in [0.2, 0.25) is 11.8 Å². The minimum Gasteiger partial charge on any atom is -0.369 e. The Kier molecular flexibility index (Phi) is 4.37. The molecule has 1 fully saturated rings. The van der Waals surface area contributed by atoms with Gasteiger partial charge in [0.05, 0.1) is 5.92 Å². The van der Waals surface area contributed by atoms with Crippen molar-refractivity contribution >= 4 is 17.5 Å². The molecule has 0 spiro atoms. The van der Waals surface area contributed by atoms with Gasteiger partial charge in [0, 0.05) is 25.3 Å². The first kappa shape index (κ1) is 16.6. The van der Waals surface area contributed by atoms with Crippen molar-refractivity contribution in [1.29, 1.82) is 0 Å². The van der Waals surface area contributed by atoms with Gasteiger partial charge in [0.15, 0.2) is 0 Å². The van der Waals surface area contributed by atoms with Gasteiger partial charge >= 0.3 is 0 Å². The lowest BCUT2D eigenvalue weighted by Crippen LogP contribution is -2.42. The summed E-state index contributed by atoms with van der Waals surface area (Å²) in [7, 11) is 0. The van der Waals surface area contributed by atoms with E-state index < -0.39 is 0 Å². The average molecular weight is 349 g/mol. The zero-order valence-electron chi connectivity index (χ0n) is 14.7. The summed E-state index contributed by atoms with van der Waals surface area (Å²) in [6.07, 6.45) is 1.59.